The monoisotopic (exact) mass is 350 g/mol. The first-order valence-electron chi connectivity index (χ1n) is 7.08. The van der Waals surface area contributed by atoms with Gasteiger partial charge in [-0.25, -0.2) is 5.43 Å². The minimum Gasteiger partial charge on any atom is -0.405 e. The zero-order valence-electron chi connectivity index (χ0n) is 13.1. The molecule has 0 radical (unpaired) electrons. The second kappa shape index (κ2) is 8.90. The summed E-state index contributed by atoms with van der Waals surface area (Å²) in [4.78, 5) is 16.5. The standard InChI is InChI=1S/C17H14N6OS/c1-2-6-12(9-10-18)15(24)14(11-19)21-22-17-20-16(23-25-17)13-7-4-3-5-8-13/h2-10H,1,18H2,(H,20,22,23)/b10-9-,12-6+,21-14+. The van der Waals surface area contributed by atoms with Crippen LogP contribution in [0, 0.1) is 11.3 Å². The number of allylic oxidation sites excluding steroid dienone is 4. The van der Waals surface area contributed by atoms with Crippen molar-refractivity contribution in [3.8, 4) is 17.5 Å². The number of nitrogens with two attached hydrogens (primary N) is 1. The second-order valence-corrected chi connectivity index (χ2v) is 5.27. The van der Waals surface area contributed by atoms with Crippen molar-refractivity contribution in [2.75, 3.05) is 5.43 Å². The van der Waals surface area contributed by atoms with Crippen molar-refractivity contribution in [1.29, 1.82) is 5.26 Å². The third-order valence-corrected chi connectivity index (χ3v) is 3.50. The molecule has 7 nitrogen and oxygen atoms in total. The van der Waals surface area contributed by atoms with E-state index in [0.717, 1.165) is 17.1 Å². The SMILES string of the molecule is C=C/C=C(\C=C/N)C(=O)/C(C#N)=N/Nc1nc(-c2ccccc2)ns1. The van der Waals surface area contributed by atoms with Crippen LogP contribution in [0.25, 0.3) is 11.4 Å². The predicted molar refractivity (Wildman–Crippen MR) is 98.6 cm³/mol. The second-order valence-electron chi connectivity index (χ2n) is 4.52. The van der Waals surface area contributed by atoms with Crippen LogP contribution in [-0.4, -0.2) is 20.9 Å². The van der Waals surface area contributed by atoms with Gasteiger partial charge in [0.25, 0.3) is 0 Å². The molecular weight excluding hydrogens is 336 g/mol. The van der Waals surface area contributed by atoms with Crippen LogP contribution in [0.4, 0.5) is 5.13 Å². The van der Waals surface area contributed by atoms with Gasteiger partial charge < -0.3 is 5.73 Å². The van der Waals surface area contributed by atoms with Crippen LogP contribution >= 0.6 is 11.5 Å². The molecule has 2 aromatic rings. The van der Waals surface area contributed by atoms with Crippen molar-refractivity contribution in [3.63, 3.8) is 0 Å². The van der Waals surface area contributed by atoms with Gasteiger partial charge in [-0.1, -0.05) is 49.1 Å². The molecule has 0 saturated carbocycles. The molecule has 3 N–H and O–H groups in total. The number of nitrogens with zero attached hydrogens (tertiary/aromatic N) is 4. The van der Waals surface area contributed by atoms with Crippen molar-refractivity contribution >= 4 is 28.2 Å². The Morgan fingerprint density at radius 1 is 1.40 bits per heavy atom. The molecule has 1 heterocycles. The third kappa shape index (κ3) is 4.70. The van der Waals surface area contributed by atoms with Gasteiger partial charge in [0.2, 0.25) is 16.6 Å². The summed E-state index contributed by atoms with van der Waals surface area (Å²) in [5.41, 5.74) is 8.61. The molecule has 0 bridgehead atoms. The number of anilines is 1. The molecule has 0 aliphatic rings. The number of carbonyl (C=O) groups excluding carboxylic acids is 1. The highest BCUT2D eigenvalue weighted by molar-refractivity contribution is 7.09. The number of rotatable bonds is 7. The molecule has 8 heteroatoms. The van der Waals surface area contributed by atoms with E-state index in [0.29, 0.717) is 11.0 Å². The summed E-state index contributed by atoms with van der Waals surface area (Å²) in [6.45, 7) is 3.52. The molecule has 1 aromatic carbocycles. The van der Waals surface area contributed by atoms with Gasteiger partial charge >= 0.3 is 0 Å². The van der Waals surface area contributed by atoms with E-state index in [9.17, 15) is 4.79 Å². The summed E-state index contributed by atoms with van der Waals surface area (Å²) in [5.74, 6) is -0.0455. The molecule has 1 aromatic heterocycles. The number of nitrogens with one attached hydrogen (secondary N) is 1. The highest BCUT2D eigenvalue weighted by Gasteiger charge is 2.15. The first-order chi connectivity index (χ1) is 12.2. The van der Waals surface area contributed by atoms with Gasteiger partial charge in [0.1, 0.15) is 6.07 Å². The van der Waals surface area contributed by atoms with Crippen LogP contribution in [0.2, 0.25) is 0 Å². The lowest BCUT2D eigenvalue weighted by molar-refractivity contribution is -0.109. The van der Waals surface area contributed by atoms with Crippen LogP contribution in [0.3, 0.4) is 0 Å². The van der Waals surface area contributed by atoms with Crippen LogP contribution < -0.4 is 11.2 Å². The number of nitriles is 1. The largest absolute Gasteiger partial charge is 0.405 e. The topological polar surface area (TPSA) is 117 Å². The lowest BCUT2D eigenvalue weighted by Crippen LogP contribution is -2.15. The Bertz CT molecular complexity index is 889. The summed E-state index contributed by atoms with van der Waals surface area (Å²) in [5, 5.41) is 13.3. The number of Topliss-reactive ketones (excluding diaryl/α,β-unsaturated/α-hetero) is 1. The maximum Gasteiger partial charge on any atom is 0.223 e. The Balaban J connectivity index is 2.18. The van der Waals surface area contributed by atoms with E-state index in [4.69, 9.17) is 11.0 Å². The third-order valence-electron chi connectivity index (χ3n) is 2.88. The van der Waals surface area contributed by atoms with Gasteiger partial charge in [-0.15, -0.1) is 0 Å². The zero-order chi connectivity index (χ0) is 18.1. The quantitative estimate of drug-likeness (QED) is 0.343. The van der Waals surface area contributed by atoms with Crippen LogP contribution in [0.1, 0.15) is 0 Å². The number of hydrogen-bond donors (Lipinski definition) is 2. The smallest absolute Gasteiger partial charge is 0.223 e. The molecule has 0 saturated heterocycles. The summed E-state index contributed by atoms with van der Waals surface area (Å²) < 4.78 is 4.21. The van der Waals surface area contributed by atoms with Crippen molar-refractivity contribution in [2.45, 2.75) is 0 Å². The zero-order valence-corrected chi connectivity index (χ0v) is 13.9. The van der Waals surface area contributed by atoms with E-state index in [1.54, 1.807) is 6.07 Å². The van der Waals surface area contributed by atoms with Gasteiger partial charge in [-0.05, 0) is 12.3 Å². The highest BCUT2D eigenvalue weighted by Crippen LogP contribution is 2.20. The van der Waals surface area contributed by atoms with Crippen LogP contribution in [0.5, 0.6) is 0 Å². The Kier molecular flexibility index (Phi) is 6.33. The molecule has 0 atom stereocenters. The van der Waals surface area contributed by atoms with E-state index in [-0.39, 0.29) is 11.3 Å². The molecule has 124 valence electrons. The molecule has 0 spiro atoms. The molecule has 25 heavy (non-hydrogen) atoms. The van der Waals surface area contributed by atoms with Crippen LogP contribution in [-0.2, 0) is 4.79 Å². The molecule has 0 aliphatic carbocycles. The summed E-state index contributed by atoms with van der Waals surface area (Å²) in [6.07, 6.45) is 5.44. The van der Waals surface area contributed by atoms with E-state index < -0.39 is 5.78 Å². The van der Waals surface area contributed by atoms with E-state index in [1.807, 2.05) is 30.3 Å². The highest BCUT2D eigenvalue weighted by atomic mass is 32.1. The summed E-state index contributed by atoms with van der Waals surface area (Å²) in [6, 6.07) is 11.2. The summed E-state index contributed by atoms with van der Waals surface area (Å²) in [7, 11) is 0. The van der Waals surface area contributed by atoms with Gasteiger partial charge in [0.05, 0.1) is 0 Å². The lowest BCUT2D eigenvalue weighted by Gasteiger charge is -1.99. The first kappa shape index (κ1) is 17.8. The van der Waals surface area contributed by atoms with Gasteiger partial charge in [-0.2, -0.15) is 19.7 Å². The van der Waals surface area contributed by atoms with E-state index in [1.165, 1.54) is 24.4 Å². The lowest BCUT2D eigenvalue weighted by atomic mass is 10.1. The van der Waals surface area contributed by atoms with Crippen molar-refractivity contribution in [3.05, 3.63) is 66.9 Å². The molecule has 2 rings (SSSR count). The number of hydrazone groups is 1. The van der Waals surface area contributed by atoms with E-state index in [2.05, 4.69) is 26.5 Å². The van der Waals surface area contributed by atoms with E-state index >= 15 is 0 Å². The summed E-state index contributed by atoms with van der Waals surface area (Å²) >= 11 is 1.07. The predicted octanol–water partition coefficient (Wildman–Crippen LogP) is 2.65. The molecular formula is C17H14N6OS. The fourth-order valence-corrected chi connectivity index (χ4v) is 2.31. The maximum atomic E-state index is 12.3. The molecule has 0 aliphatic heterocycles. The van der Waals surface area contributed by atoms with Gasteiger partial charge in [0, 0.05) is 22.7 Å². The number of hydrogen-bond acceptors (Lipinski definition) is 8. The Labute approximate surface area is 148 Å². The van der Waals surface area contributed by atoms with Crippen molar-refractivity contribution in [1.82, 2.24) is 9.36 Å². The van der Waals surface area contributed by atoms with Crippen molar-refractivity contribution < 1.29 is 4.79 Å². The average Bonchev–Trinajstić information content (AvgIpc) is 3.11. The number of ketones is 1. The fourth-order valence-electron chi connectivity index (χ4n) is 1.78. The fraction of sp³-hybridized carbons (Fsp3) is 0. The Hall–Kier alpha value is -3.57. The average molecular weight is 350 g/mol. The van der Waals surface area contributed by atoms with Gasteiger partial charge in [0.15, 0.2) is 5.82 Å². The minimum absolute atomic E-state index is 0.196. The number of carbonyl (C=O) groups is 1. The van der Waals surface area contributed by atoms with Gasteiger partial charge in [-0.3, -0.25) is 4.79 Å². The molecule has 0 unspecified atom stereocenters. The van der Waals surface area contributed by atoms with Crippen molar-refractivity contribution in [2.24, 2.45) is 10.8 Å². The molecule has 0 fully saturated rings. The Morgan fingerprint density at radius 3 is 2.80 bits per heavy atom. The first-order valence-corrected chi connectivity index (χ1v) is 7.85. The molecule has 0 amide bonds. The Morgan fingerprint density at radius 2 is 2.16 bits per heavy atom. The minimum atomic E-state index is -0.579. The number of aromatic nitrogens is 2. The van der Waals surface area contributed by atoms with Crippen LogP contribution in [0.15, 0.2) is 72.0 Å². The number of benzene rings is 1. The maximum absolute atomic E-state index is 12.3. The normalized spacial score (nSPS) is 12.0.